The van der Waals surface area contributed by atoms with Crippen molar-refractivity contribution in [3.05, 3.63) is 47.9 Å². The van der Waals surface area contributed by atoms with Gasteiger partial charge in [0.15, 0.2) is 0 Å². The van der Waals surface area contributed by atoms with Crippen LogP contribution in [0.3, 0.4) is 0 Å². The standard InChI is InChI=1S/C15H14FN5O2/c1-9(2)21-12(6-7-17-21)14-19-20-15(23-14)18-13(22)10-4-3-5-11(16)8-10/h3-9H,1-2H3,(H,18,20,22). The number of anilines is 1. The Morgan fingerprint density at radius 3 is 2.87 bits per heavy atom. The largest absolute Gasteiger partial charge is 0.401 e. The first kappa shape index (κ1) is 14.9. The Hall–Kier alpha value is -3.03. The van der Waals surface area contributed by atoms with Gasteiger partial charge in [-0.1, -0.05) is 11.2 Å². The molecule has 0 aliphatic carbocycles. The van der Waals surface area contributed by atoms with Gasteiger partial charge in [-0.2, -0.15) is 5.10 Å². The molecule has 118 valence electrons. The lowest BCUT2D eigenvalue weighted by Gasteiger charge is -2.07. The molecule has 0 aliphatic heterocycles. The molecule has 23 heavy (non-hydrogen) atoms. The molecular formula is C15H14FN5O2. The van der Waals surface area contributed by atoms with Crippen molar-refractivity contribution in [1.29, 1.82) is 0 Å². The molecule has 1 aromatic carbocycles. The summed E-state index contributed by atoms with van der Waals surface area (Å²) in [6.07, 6.45) is 1.63. The van der Waals surface area contributed by atoms with Crippen molar-refractivity contribution in [3.8, 4) is 11.6 Å². The molecule has 3 rings (SSSR count). The lowest BCUT2D eigenvalue weighted by Crippen LogP contribution is -2.12. The Morgan fingerprint density at radius 2 is 2.13 bits per heavy atom. The third-order valence-electron chi connectivity index (χ3n) is 3.11. The molecule has 2 aromatic heterocycles. The minimum absolute atomic E-state index is 0.0641. The van der Waals surface area contributed by atoms with Gasteiger partial charge in [-0.3, -0.25) is 14.8 Å². The summed E-state index contributed by atoms with van der Waals surface area (Å²) in [5, 5.41) is 14.3. The summed E-state index contributed by atoms with van der Waals surface area (Å²) in [4.78, 5) is 12.0. The highest BCUT2D eigenvalue weighted by molar-refractivity contribution is 6.03. The van der Waals surface area contributed by atoms with Gasteiger partial charge in [-0.05, 0) is 38.1 Å². The lowest BCUT2D eigenvalue weighted by molar-refractivity contribution is 0.102. The summed E-state index contributed by atoms with van der Waals surface area (Å²) in [6, 6.07) is 7.12. The summed E-state index contributed by atoms with van der Waals surface area (Å²) in [6.45, 7) is 3.94. The van der Waals surface area contributed by atoms with E-state index in [9.17, 15) is 9.18 Å². The van der Waals surface area contributed by atoms with E-state index in [1.807, 2.05) is 13.8 Å². The zero-order valence-corrected chi connectivity index (χ0v) is 12.5. The summed E-state index contributed by atoms with van der Waals surface area (Å²) in [5.74, 6) is -0.785. The highest BCUT2D eigenvalue weighted by atomic mass is 19.1. The topological polar surface area (TPSA) is 85.8 Å². The fourth-order valence-corrected chi connectivity index (χ4v) is 2.07. The van der Waals surface area contributed by atoms with Crippen LogP contribution >= 0.6 is 0 Å². The number of hydrogen-bond donors (Lipinski definition) is 1. The van der Waals surface area contributed by atoms with Crippen LogP contribution in [-0.2, 0) is 0 Å². The van der Waals surface area contributed by atoms with Crippen LogP contribution in [0.15, 0.2) is 40.9 Å². The van der Waals surface area contributed by atoms with E-state index in [-0.39, 0.29) is 23.5 Å². The van der Waals surface area contributed by atoms with E-state index in [0.717, 1.165) is 6.07 Å². The minimum atomic E-state index is -0.530. The van der Waals surface area contributed by atoms with Crippen molar-refractivity contribution in [2.45, 2.75) is 19.9 Å². The van der Waals surface area contributed by atoms with Crippen LogP contribution in [0.25, 0.3) is 11.6 Å². The van der Waals surface area contributed by atoms with E-state index in [1.54, 1.807) is 16.9 Å². The number of rotatable bonds is 4. The molecule has 0 aliphatic rings. The van der Waals surface area contributed by atoms with Crippen LogP contribution in [0.5, 0.6) is 0 Å². The number of hydrogen-bond acceptors (Lipinski definition) is 5. The second-order valence-corrected chi connectivity index (χ2v) is 5.13. The van der Waals surface area contributed by atoms with Gasteiger partial charge < -0.3 is 4.42 Å². The number of amides is 1. The zero-order chi connectivity index (χ0) is 16.4. The number of halogens is 1. The van der Waals surface area contributed by atoms with Crippen molar-refractivity contribution >= 4 is 11.9 Å². The molecule has 8 heteroatoms. The summed E-state index contributed by atoms with van der Waals surface area (Å²) < 4.78 is 20.3. The number of carbonyl (C=O) groups is 1. The van der Waals surface area contributed by atoms with Gasteiger partial charge in [-0.15, -0.1) is 5.10 Å². The SMILES string of the molecule is CC(C)n1nccc1-c1nnc(NC(=O)c2cccc(F)c2)o1. The highest BCUT2D eigenvalue weighted by Gasteiger charge is 2.17. The maximum atomic E-state index is 13.1. The molecule has 3 aromatic rings. The fourth-order valence-electron chi connectivity index (χ4n) is 2.07. The molecule has 0 fully saturated rings. The van der Waals surface area contributed by atoms with Crippen molar-refractivity contribution in [2.75, 3.05) is 5.32 Å². The third kappa shape index (κ3) is 3.10. The first-order valence-electron chi connectivity index (χ1n) is 6.99. The molecule has 1 amide bonds. The number of nitrogens with zero attached hydrogens (tertiary/aromatic N) is 4. The Labute approximate surface area is 131 Å². The molecule has 0 saturated heterocycles. The zero-order valence-electron chi connectivity index (χ0n) is 12.5. The maximum absolute atomic E-state index is 13.1. The smallest absolute Gasteiger partial charge is 0.322 e. The average Bonchev–Trinajstić information content (AvgIpc) is 3.15. The van der Waals surface area contributed by atoms with Gasteiger partial charge in [-0.25, -0.2) is 4.39 Å². The van der Waals surface area contributed by atoms with Crippen molar-refractivity contribution in [3.63, 3.8) is 0 Å². The Morgan fingerprint density at radius 1 is 1.30 bits per heavy atom. The number of carbonyl (C=O) groups excluding carboxylic acids is 1. The molecule has 1 N–H and O–H groups in total. The van der Waals surface area contributed by atoms with Crippen molar-refractivity contribution in [1.82, 2.24) is 20.0 Å². The van der Waals surface area contributed by atoms with Crippen molar-refractivity contribution in [2.24, 2.45) is 0 Å². The predicted octanol–water partition coefficient (Wildman–Crippen LogP) is 2.91. The molecule has 0 atom stereocenters. The molecule has 0 spiro atoms. The van der Waals surface area contributed by atoms with Gasteiger partial charge in [0.25, 0.3) is 11.8 Å². The Bertz CT molecular complexity index is 840. The molecule has 0 bridgehead atoms. The fraction of sp³-hybridized carbons (Fsp3) is 0.200. The lowest BCUT2D eigenvalue weighted by atomic mass is 10.2. The van der Waals surface area contributed by atoms with Gasteiger partial charge >= 0.3 is 6.01 Å². The van der Waals surface area contributed by atoms with E-state index in [0.29, 0.717) is 5.69 Å². The van der Waals surface area contributed by atoms with E-state index in [1.165, 1.54) is 18.2 Å². The van der Waals surface area contributed by atoms with Crippen LogP contribution in [0.2, 0.25) is 0 Å². The van der Waals surface area contributed by atoms with Gasteiger partial charge in [0.1, 0.15) is 11.5 Å². The average molecular weight is 315 g/mol. The summed E-state index contributed by atoms with van der Waals surface area (Å²) in [5.41, 5.74) is 0.815. The second-order valence-electron chi connectivity index (χ2n) is 5.13. The molecule has 2 heterocycles. The molecule has 0 unspecified atom stereocenters. The second kappa shape index (κ2) is 5.99. The van der Waals surface area contributed by atoms with Crippen LogP contribution < -0.4 is 5.32 Å². The Kier molecular flexibility index (Phi) is 3.88. The normalized spacial score (nSPS) is 11.0. The molecule has 7 nitrogen and oxygen atoms in total. The summed E-state index contributed by atoms with van der Waals surface area (Å²) in [7, 11) is 0. The molecule has 0 saturated carbocycles. The van der Waals surface area contributed by atoms with Crippen LogP contribution in [0, 0.1) is 5.82 Å². The predicted molar refractivity (Wildman–Crippen MR) is 80.3 cm³/mol. The monoisotopic (exact) mass is 315 g/mol. The number of benzene rings is 1. The maximum Gasteiger partial charge on any atom is 0.322 e. The van der Waals surface area contributed by atoms with Crippen LogP contribution in [0.1, 0.15) is 30.2 Å². The van der Waals surface area contributed by atoms with Crippen LogP contribution in [-0.4, -0.2) is 25.9 Å². The van der Waals surface area contributed by atoms with E-state index in [4.69, 9.17) is 4.42 Å². The van der Waals surface area contributed by atoms with Gasteiger partial charge in [0.05, 0.1) is 0 Å². The highest BCUT2D eigenvalue weighted by Crippen LogP contribution is 2.22. The van der Waals surface area contributed by atoms with Gasteiger partial charge in [0.2, 0.25) is 0 Å². The Balaban J connectivity index is 1.80. The van der Waals surface area contributed by atoms with Crippen LogP contribution in [0.4, 0.5) is 10.4 Å². The number of nitrogens with one attached hydrogen (secondary N) is 1. The first-order valence-corrected chi connectivity index (χ1v) is 6.99. The first-order chi connectivity index (χ1) is 11.0. The third-order valence-corrected chi connectivity index (χ3v) is 3.11. The minimum Gasteiger partial charge on any atom is -0.401 e. The van der Waals surface area contributed by atoms with Gasteiger partial charge in [0, 0.05) is 17.8 Å². The number of aromatic nitrogens is 4. The summed E-state index contributed by atoms with van der Waals surface area (Å²) >= 11 is 0. The quantitative estimate of drug-likeness (QED) is 0.800. The molecular weight excluding hydrogens is 301 g/mol. The van der Waals surface area contributed by atoms with E-state index >= 15 is 0 Å². The van der Waals surface area contributed by atoms with E-state index in [2.05, 4.69) is 20.6 Å². The van der Waals surface area contributed by atoms with Crippen molar-refractivity contribution < 1.29 is 13.6 Å². The molecule has 0 radical (unpaired) electrons. The van der Waals surface area contributed by atoms with E-state index < -0.39 is 11.7 Å².